The molecule has 6 rings (SSSR count). The number of nitrogens with one attached hydrogen (secondary N) is 1. The third-order valence-electron chi connectivity index (χ3n) is 8.00. The summed E-state index contributed by atoms with van der Waals surface area (Å²) >= 11 is 0. The van der Waals surface area contributed by atoms with E-state index >= 15 is 0 Å². The number of benzene rings is 2. The van der Waals surface area contributed by atoms with Gasteiger partial charge in [0, 0.05) is 5.69 Å². The van der Waals surface area contributed by atoms with Crippen LogP contribution in [0.4, 0.5) is 11.4 Å². The zero-order valence-corrected chi connectivity index (χ0v) is 21.7. The van der Waals surface area contributed by atoms with E-state index < -0.39 is 15.9 Å². The first-order valence-electron chi connectivity index (χ1n) is 12.7. The van der Waals surface area contributed by atoms with Crippen LogP contribution >= 0.6 is 0 Å². The molecular weight excluding hydrogens is 460 g/mol. The summed E-state index contributed by atoms with van der Waals surface area (Å²) in [5, 5.41) is 2.79. The Kier molecular flexibility index (Phi) is 6.32. The van der Waals surface area contributed by atoms with Gasteiger partial charge in [0.25, 0.3) is 0 Å². The highest BCUT2D eigenvalue weighted by Crippen LogP contribution is 2.60. The zero-order chi connectivity index (χ0) is 24.8. The van der Waals surface area contributed by atoms with Crippen LogP contribution in [0.15, 0.2) is 48.5 Å². The van der Waals surface area contributed by atoms with Crippen molar-refractivity contribution in [3.8, 4) is 5.75 Å². The number of ether oxygens (including phenoxy) is 1. The predicted octanol–water partition coefficient (Wildman–Crippen LogP) is 5.35. The lowest BCUT2D eigenvalue weighted by molar-refractivity contribution is -0.114. The lowest BCUT2D eigenvalue weighted by atomic mass is 9.48. The van der Waals surface area contributed by atoms with Gasteiger partial charge in [0.1, 0.15) is 12.3 Å². The lowest BCUT2D eigenvalue weighted by Crippen LogP contribution is -2.48. The maximum Gasteiger partial charge on any atom is 0.245 e. The summed E-state index contributed by atoms with van der Waals surface area (Å²) < 4.78 is 32.0. The Morgan fingerprint density at radius 3 is 2.00 bits per heavy atom. The minimum Gasteiger partial charge on any atom is -0.491 e. The quantitative estimate of drug-likeness (QED) is 0.535. The molecule has 4 bridgehead atoms. The average Bonchev–Trinajstić information content (AvgIpc) is 2.77. The molecule has 0 atom stereocenters. The van der Waals surface area contributed by atoms with E-state index in [1.807, 2.05) is 26.0 Å². The molecule has 0 saturated heterocycles. The van der Waals surface area contributed by atoms with Crippen LogP contribution in [0.1, 0.15) is 57.9 Å². The number of hydrogen-bond acceptors (Lipinski definition) is 4. The third-order valence-corrected chi connectivity index (χ3v) is 9.14. The topological polar surface area (TPSA) is 75.7 Å². The minimum atomic E-state index is -3.63. The fraction of sp³-hybridized carbons (Fsp3) is 0.536. The third kappa shape index (κ3) is 5.20. The van der Waals surface area contributed by atoms with Crippen molar-refractivity contribution in [3.05, 3.63) is 54.1 Å². The predicted molar refractivity (Wildman–Crippen MR) is 139 cm³/mol. The van der Waals surface area contributed by atoms with E-state index in [0.717, 1.165) is 29.8 Å². The summed E-state index contributed by atoms with van der Waals surface area (Å²) in [5.74, 6) is 2.88. The number of hydrogen-bond donors (Lipinski definition) is 1. The highest BCUT2D eigenvalue weighted by molar-refractivity contribution is 7.92. The van der Waals surface area contributed by atoms with Crippen LogP contribution in [0.3, 0.4) is 0 Å². The summed E-state index contributed by atoms with van der Waals surface area (Å²) in [7, 11) is -3.63. The molecule has 0 aromatic heterocycles. The molecule has 0 spiro atoms. The van der Waals surface area contributed by atoms with Crippen molar-refractivity contribution in [1.82, 2.24) is 0 Å². The van der Waals surface area contributed by atoms with Gasteiger partial charge in [-0.2, -0.15) is 0 Å². The molecule has 7 heteroatoms. The first-order valence-corrected chi connectivity index (χ1v) is 14.6. The van der Waals surface area contributed by atoms with Crippen LogP contribution in [0.2, 0.25) is 0 Å². The highest BCUT2D eigenvalue weighted by Gasteiger charge is 2.51. The van der Waals surface area contributed by atoms with Gasteiger partial charge in [0.2, 0.25) is 15.9 Å². The van der Waals surface area contributed by atoms with Gasteiger partial charge < -0.3 is 10.1 Å². The van der Waals surface area contributed by atoms with E-state index in [-0.39, 0.29) is 18.1 Å². The molecule has 0 radical (unpaired) electrons. The van der Waals surface area contributed by atoms with Gasteiger partial charge in [-0.05, 0) is 118 Å². The molecular formula is C28H36N2O4S. The van der Waals surface area contributed by atoms with Crippen LogP contribution in [0.5, 0.6) is 5.75 Å². The van der Waals surface area contributed by atoms with Crippen molar-refractivity contribution in [1.29, 1.82) is 0 Å². The fourth-order valence-corrected chi connectivity index (χ4v) is 7.92. The molecule has 0 heterocycles. The van der Waals surface area contributed by atoms with E-state index in [1.165, 1.54) is 48.4 Å². The zero-order valence-electron chi connectivity index (χ0n) is 20.9. The molecule has 1 amide bonds. The summed E-state index contributed by atoms with van der Waals surface area (Å²) in [6.45, 7) is 3.62. The molecule has 35 heavy (non-hydrogen) atoms. The number of carbonyl (C=O) groups is 1. The molecule has 0 aliphatic heterocycles. The molecule has 4 aliphatic rings. The van der Waals surface area contributed by atoms with E-state index in [4.69, 9.17) is 4.74 Å². The minimum absolute atomic E-state index is 0.0630. The van der Waals surface area contributed by atoms with Gasteiger partial charge in [-0.15, -0.1) is 0 Å². The number of rotatable bonds is 8. The van der Waals surface area contributed by atoms with Crippen molar-refractivity contribution in [3.63, 3.8) is 0 Å². The maximum atomic E-state index is 12.8. The van der Waals surface area contributed by atoms with Gasteiger partial charge in [-0.25, -0.2) is 8.42 Å². The summed E-state index contributed by atoms with van der Waals surface area (Å²) in [5.41, 5.74) is 2.71. The van der Waals surface area contributed by atoms with E-state index in [0.29, 0.717) is 11.4 Å². The number of amides is 1. The molecule has 2 aromatic carbocycles. The molecule has 4 saturated carbocycles. The SMILES string of the molecule is CC(C)Oc1ccc(NC(=O)CN(c2ccc(C34CC5CC(CC(C5)C3)C4)cc2)S(C)(=O)=O)cc1. The van der Waals surface area contributed by atoms with E-state index in [1.54, 1.807) is 24.3 Å². The monoisotopic (exact) mass is 496 g/mol. The average molecular weight is 497 g/mol. The molecule has 0 unspecified atom stereocenters. The van der Waals surface area contributed by atoms with Gasteiger partial charge in [-0.1, -0.05) is 12.1 Å². The highest BCUT2D eigenvalue weighted by atomic mass is 32.2. The lowest BCUT2D eigenvalue weighted by Gasteiger charge is -2.57. The van der Waals surface area contributed by atoms with E-state index in [9.17, 15) is 13.2 Å². The van der Waals surface area contributed by atoms with Crippen molar-refractivity contribution in [2.24, 2.45) is 17.8 Å². The van der Waals surface area contributed by atoms with E-state index in [2.05, 4.69) is 17.4 Å². The standard InChI is InChI=1S/C28H36N2O4S/c1-19(2)34-26-10-6-24(7-11-26)29-27(31)18-30(35(3,32)33)25-8-4-23(5-9-25)28-15-20-12-21(16-28)14-22(13-20)17-28/h4-11,19-22H,12-18H2,1-3H3,(H,29,31). The number of carbonyl (C=O) groups excluding carboxylic acids is 1. The van der Waals surface area contributed by atoms with Gasteiger partial charge >= 0.3 is 0 Å². The van der Waals surface area contributed by atoms with Crippen LogP contribution in [-0.4, -0.2) is 33.2 Å². The van der Waals surface area contributed by atoms with Gasteiger partial charge in [0.05, 0.1) is 18.0 Å². The van der Waals surface area contributed by atoms with Crippen molar-refractivity contribution in [2.45, 2.75) is 63.9 Å². The Bertz CT molecular complexity index is 1140. The molecule has 2 aromatic rings. The van der Waals surface area contributed by atoms with Crippen LogP contribution in [0, 0.1) is 17.8 Å². The Hall–Kier alpha value is -2.54. The second-order valence-corrected chi connectivity index (χ2v) is 13.2. The summed E-state index contributed by atoms with van der Waals surface area (Å²) in [6.07, 6.45) is 9.16. The molecule has 1 N–H and O–H groups in total. The van der Waals surface area contributed by atoms with Crippen LogP contribution in [-0.2, 0) is 20.2 Å². The normalized spacial score (nSPS) is 27.1. The van der Waals surface area contributed by atoms with Crippen molar-refractivity contribution >= 4 is 27.3 Å². The van der Waals surface area contributed by atoms with Crippen molar-refractivity contribution in [2.75, 3.05) is 22.4 Å². The molecule has 188 valence electrons. The number of sulfonamides is 1. The summed E-state index contributed by atoms with van der Waals surface area (Å²) in [4.78, 5) is 12.8. The van der Waals surface area contributed by atoms with Crippen molar-refractivity contribution < 1.29 is 17.9 Å². The van der Waals surface area contributed by atoms with Crippen LogP contribution in [0.25, 0.3) is 0 Å². The Balaban J connectivity index is 1.29. The first kappa shape index (κ1) is 24.2. The Labute approximate surface area is 209 Å². The smallest absolute Gasteiger partial charge is 0.245 e. The Morgan fingerprint density at radius 2 is 1.51 bits per heavy atom. The molecule has 4 fully saturated rings. The molecule has 6 nitrogen and oxygen atoms in total. The fourth-order valence-electron chi connectivity index (χ4n) is 7.07. The summed E-state index contributed by atoms with van der Waals surface area (Å²) in [6, 6.07) is 15.0. The van der Waals surface area contributed by atoms with Gasteiger partial charge in [-0.3, -0.25) is 9.10 Å². The second-order valence-electron chi connectivity index (χ2n) is 11.3. The maximum absolute atomic E-state index is 12.8. The van der Waals surface area contributed by atoms with Crippen LogP contribution < -0.4 is 14.4 Å². The number of nitrogens with zero attached hydrogens (tertiary/aromatic N) is 1. The first-order chi connectivity index (χ1) is 16.6. The largest absolute Gasteiger partial charge is 0.491 e. The second kappa shape index (κ2) is 9.16. The number of anilines is 2. The van der Waals surface area contributed by atoms with Gasteiger partial charge in [0.15, 0.2) is 0 Å². The molecule has 4 aliphatic carbocycles. The Morgan fingerprint density at radius 1 is 0.971 bits per heavy atom.